The van der Waals surface area contributed by atoms with Gasteiger partial charge in [-0.2, -0.15) is 0 Å². The Balaban J connectivity index is 0.00000242. The molecule has 1 amide bonds. The van der Waals surface area contributed by atoms with E-state index in [1.807, 2.05) is 30.3 Å². The molecule has 6 nitrogen and oxygen atoms in total. The molecule has 0 radical (unpaired) electrons. The van der Waals surface area contributed by atoms with Crippen LogP contribution in [0.5, 0.6) is 0 Å². The lowest BCUT2D eigenvalue weighted by atomic mass is 9.95. The third kappa shape index (κ3) is 4.67. The number of halogens is 1. The first-order chi connectivity index (χ1) is 9.78. The first-order valence-electron chi connectivity index (χ1n) is 6.84. The number of carbonyl (C=O) groups is 1. The van der Waals surface area contributed by atoms with Gasteiger partial charge in [0.2, 0.25) is 15.9 Å². The van der Waals surface area contributed by atoms with E-state index in [9.17, 15) is 13.2 Å². The number of rotatable bonds is 4. The van der Waals surface area contributed by atoms with E-state index in [0.717, 1.165) is 11.8 Å². The van der Waals surface area contributed by atoms with Gasteiger partial charge in [0, 0.05) is 25.0 Å². The van der Waals surface area contributed by atoms with E-state index in [2.05, 4.69) is 4.72 Å². The molecule has 1 aromatic rings. The SMILES string of the molecule is CC(NS(C)(=O)=O)C(=O)N1C[C@@H](N)[C@H](c2ccccc2)C1.Cl. The molecule has 0 aliphatic carbocycles. The summed E-state index contributed by atoms with van der Waals surface area (Å²) in [5, 5.41) is 0. The fourth-order valence-electron chi connectivity index (χ4n) is 2.71. The molecule has 3 N–H and O–H groups in total. The Morgan fingerprint density at radius 2 is 1.91 bits per heavy atom. The number of benzene rings is 1. The van der Waals surface area contributed by atoms with Crippen molar-refractivity contribution in [1.82, 2.24) is 9.62 Å². The summed E-state index contributed by atoms with van der Waals surface area (Å²) in [5.74, 6) is -0.158. The zero-order valence-corrected chi connectivity index (χ0v) is 14.2. The zero-order valence-electron chi connectivity index (χ0n) is 12.6. The van der Waals surface area contributed by atoms with Crippen molar-refractivity contribution >= 4 is 28.3 Å². The van der Waals surface area contributed by atoms with Gasteiger partial charge >= 0.3 is 0 Å². The summed E-state index contributed by atoms with van der Waals surface area (Å²) >= 11 is 0. The van der Waals surface area contributed by atoms with Crippen LogP contribution in [0.1, 0.15) is 18.4 Å². The highest BCUT2D eigenvalue weighted by molar-refractivity contribution is 7.88. The number of sulfonamides is 1. The summed E-state index contributed by atoms with van der Waals surface area (Å²) in [4.78, 5) is 13.9. The second-order valence-electron chi connectivity index (χ2n) is 5.54. The van der Waals surface area contributed by atoms with Crippen molar-refractivity contribution in [2.45, 2.75) is 24.9 Å². The van der Waals surface area contributed by atoms with E-state index in [1.165, 1.54) is 0 Å². The van der Waals surface area contributed by atoms with Crippen LogP contribution >= 0.6 is 12.4 Å². The minimum atomic E-state index is -3.41. The second kappa shape index (κ2) is 7.41. The third-order valence-corrected chi connectivity index (χ3v) is 4.45. The molecule has 0 bridgehead atoms. The lowest BCUT2D eigenvalue weighted by Gasteiger charge is -2.21. The van der Waals surface area contributed by atoms with Gasteiger partial charge in [0.25, 0.3) is 0 Å². The van der Waals surface area contributed by atoms with Crippen molar-refractivity contribution in [3.05, 3.63) is 35.9 Å². The van der Waals surface area contributed by atoms with Crippen LogP contribution in [0.4, 0.5) is 0 Å². The molecule has 0 saturated carbocycles. The first kappa shape index (κ1) is 18.9. The molecule has 2 rings (SSSR count). The van der Waals surface area contributed by atoms with E-state index in [1.54, 1.807) is 11.8 Å². The van der Waals surface area contributed by atoms with Gasteiger partial charge in [-0.3, -0.25) is 4.79 Å². The molecule has 0 aromatic heterocycles. The molecule has 1 saturated heterocycles. The van der Waals surface area contributed by atoms with Crippen molar-refractivity contribution in [2.24, 2.45) is 5.73 Å². The summed E-state index contributed by atoms with van der Waals surface area (Å²) in [7, 11) is -3.41. The van der Waals surface area contributed by atoms with Crippen molar-refractivity contribution in [3.8, 4) is 0 Å². The summed E-state index contributed by atoms with van der Waals surface area (Å²) in [6.07, 6.45) is 1.04. The number of carbonyl (C=O) groups excluding carboxylic acids is 1. The molecule has 1 fully saturated rings. The van der Waals surface area contributed by atoms with Gasteiger partial charge < -0.3 is 10.6 Å². The average molecular weight is 348 g/mol. The Kier molecular flexibility index (Phi) is 6.37. The maximum Gasteiger partial charge on any atom is 0.240 e. The largest absolute Gasteiger partial charge is 0.339 e. The maximum absolute atomic E-state index is 12.3. The van der Waals surface area contributed by atoms with Crippen LogP contribution < -0.4 is 10.5 Å². The number of nitrogens with two attached hydrogens (primary N) is 1. The highest BCUT2D eigenvalue weighted by Gasteiger charge is 2.35. The smallest absolute Gasteiger partial charge is 0.240 e. The minimum absolute atomic E-state index is 0. The normalized spacial score (nSPS) is 23.0. The van der Waals surface area contributed by atoms with Crippen LogP contribution in [0.25, 0.3) is 0 Å². The van der Waals surface area contributed by atoms with Gasteiger partial charge in [-0.15, -0.1) is 12.4 Å². The number of amides is 1. The van der Waals surface area contributed by atoms with Gasteiger partial charge in [0.05, 0.1) is 12.3 Å². The van der Waals surface area contributed by atoms with Gasteiger partial charge in [-0.25, -0.2) is 13.1 Å². The molecular formula is C14H22ClN3O3S. The van der Waals surface area contributed by atoms with E-state index >= 15 is 0 Å². The van der Waals surface area contributed by atoms with Crippen molar-refractivity contribution in [2.75, 3.05) is 19.3 Å². The molecule has 3 atom stereocenters. The molecule has 0 spiro atoms. The standard InChI is InChI=1S/C14H21N3O3S.ClH/c1-10(16-21(2,19)20)14(18)17-8-12(13(15)9-17)11-6-4-3-5-7-11;/h3-7,10,12-13,16H,8-9,15H2,1-2H3;1H/t10?,12-,13+;/m0./s1. The van der Waals surface area contributed by atoms with Crippen LogP contribution in [0.2, 0.25) is 0 Å². The number of hydrogen-bond acceptors (Lipinski definition) is 4. The Labute approximate surface area is 137 Å². The third-order valence-electron chi connectivity index (χ3n) is 3.67. The van der Waals surface area contributed by atoms with E-state index in [-0.39, 0.29) is 30.3 Å². The Hall–Kier alpha value is -1.15. The molecule has 1 unspecified atom stereocenters. The Morgan fingerprint density at radius 1 is 1.32 bits per heavy atom. The van der Waals surface area contributed by atoms with Crippen molar-refractivity contribution in [1.29, 1.82) is 0 Å². The number of hydrogen-bond donors (Lipinski definition) is 2. The molecule has 1 aliphatic rings. The van der Waals surface area contributed by atoms with Crippen LogP contribution in [-0.4, -0.2) is 50.7 Å². The number of nitrogens with zero attached hydrogens (tertiary/aromatic N) is 1. The predicted molar refractivity (Wildman–Crippen MR) is 88.4 cm³/mol. The molecule has 1 aromatic carbocycles. The van der Waals surface area contributed by atoms with Gasteiger partial charge in [0.15, 0.2) is 0 Å². The maximum atomic E-state index is 12.3. The Morgan fingerprint density at radius 3 is 2.45 bits per heavy atom. The lowest BCUT2D eigenvalue weighted by molar-refractivity contribution is -0.131. The van der Waals surface area contributed by atoms with Crippen LogP contribution in [0, 0.1) is 0 Å². The highest BCUT2D eigenvalue weighted by atomic mass is 35.5. The molecule has 1 aliphatic heterocycles. The lowest BCUT2D eigenvalue weighted by Crippen LogP contribution is -2.46. The van der Waals surface area contributed by atoms with Gasteiger partial charge in [-0.1, -0.05) is 30.3 Å². The molecule has 8 heteroatoms. The second-order valence-corrected chi connectivity index (χ2v) is 7.32. The van der Waals surface area contributed by atoms with Gasteiger partial charge in [-0.05, 0) is 12.5 Å². The van der Waals surface area contributed by atoms with Crippen LogP contribution in [-0.2, 0) is 14.8 Å². The summed E-state index contributed by atoms with van der Waals surface area (Å²) in [5.41, 5.74) is 7.23. The Bertz CT molecular complexity index is 609. The van der Waals surface area contributed by atoms with E-state index < -0.39 is 16.1 Å². The van der Waals surface area contributed by atoms with Gasteiger partial charge in [0.1, 0.15) is 0 Å². The predicted octanol–water partition coefficient (Wildman–Crippen LogP) is 0.299. The highest BCUT2D eigenvalue weighted by Crippen LogP contribution is 2.26. The summed E-state index contributed by atoms with van der Waals surface area (Å²) < 4.78 is 24.7. The van der Waals surface area contributed by atoms with E-state index in [4.69, 9.17) is 5.73 Å². The summed E-state index contributed by atoms with van der Waals surface area (Å²) in [6, 6.07) is 8.91. The summed E-state index contributed by atoms with van der Waals surface area (Å²) in [6.45, 7) is 2.50. The minimum Gasteiger partial charge on any atom is -0.339 e. The van der Waals surface area contributed by atoms with Crippen molar-refractivity contribution in [3.63, 3.8) is 0 Å². The van der Waals surface area contributed by atoms with Crippen molar-refractivity contribution < 1.29 is 13.2 Å². The average Bonchev–Trinajstić information content (AvgIpc) is 2.79. The first-order valence-corrected chi connectivity index (χ1v) is 8.73. The molecule has 124 valence electrons. The molecule has 1 heterocycles. The van der Waals surface area contributed by atoms with Crippen LogP contribution in [0.15, 0.2) is 30.3 Å². The number of likely N-dealkylation sites (tertiary alicyclic amines) is 1. The fraction of sp³-hybridized carbons (Fsp3) is 0.500. The van der Waals surface area contributed by atoms with Crippen LogP contribution in [0.3, 0.4) is 0 Å². The topological polar surface area (TPSA) is 92.5 Å². The van der Waals surface area contributed by atoms with E-state index in [0.29, 0.717) is 13.1 Å². The quantitative estimate of drug-likeness (QED) is 0.819. The zero-order chi connectivity index (χ0) is 15.6. The molecular weight excluding hydrogens is 326 g/mol. The monoisotopic (exact) mass is 347 g/mol. The molecule has 22 heavy (non-hydrogen) atoms. The fourth-order valence-corrected chi connectivity index (χ4v) is 3.45. The number of nitrogens with one attached hydrogen (secondary N) is 1.